The Morgan fingerprint density at radius 2 is 2.13 bits per heavy atom. The highest BCUT2D eigenvalue weighted by Gasteiger charge is 2.33. The third-order valence-electron chi connectivity index (χ3n) is 3.30. The van der Waals surface area contributed by atoms with Crippen molar-refractivity contribution < 1.29 is 5.21 Å². The quantitative estimate of drug-likeness (QED) is 0.330. The van der Waals surface area contributed by atoms with Gasteiger partial charge in [0.25, 0.3) is 0 Å². The lowest BCUT2D eigenvalue weighted by Crippen LogP contribution is -2.46. The zero-order valence-electron chi connectivity index (χ0n) is 9.57. The summed E-state index contributed by atoms with van der Waals surface area (Å²) in [5, 5.41) is 11.8. The number of rotatable bonds is 4. The van der Waals surface area contributed by atoms with Gasteiger partial charge in [0.1, 0.15) is 5.84 Å². The minimum absolute atomic E-state index is 0.107. The number of thioether (sulfide) groups is 1. The Hall–Kier alpha value is -0.420. The molecule has 0 aromatic heterocycles. The summed E-state index contributed by atoms with van der Waals surface area (Å²) in [5.41, 5.74) is 5.60. The van der Waals surface area contributed by atoms with Gasteiger partial charge in [-0.15, -0.1) is 0 Å². The molecule has 15 heavy (non-hydrogen) atoms. The molecule has 0 aliphatic carbocycles. The maximum absolute atomic E-state index is 8.71. The first-order valence-corrected chi connectivity index (χ1v) is 6.71. The zero-order chi connectivity index (χ0) is 11.3. The SMILES string of the molecule is CSCCN1CCC(C)(C(N)=NO)CC1. The highest BCUT2D eigenvalue weighted by Crippen LogP contribution is 2.30. The number of nitrogens with two attached hydrogens (primary N) is 1. The van der Waals surface area contributed by atoms with Crippen molar-refractivity contribution >= 4 is 17.6 Å². The van der Waals surface area contributed by atoms with Gasteiger partial charge >= 0.3 is 0 Å². The van der Waals surface area contributed by atoms with Gasteiger partial charge < -0.3 is 15.8 Å². The summed E-state index contributed by atoms with van der Waals surface area (Å²) in [6.07, 6.45) is 4.10. The number of hydrogen-bond donors (Lipinski definition) is 2. The molecule has 88 valence electrons. The second-order valence-corrected chi connectivity index (χ2v) is 5.37. The van der Waals surface area contributed by atoms with Crippen LogP contribution in [0, 0.1) is 5.41 Å². The van der Waals surface area contributed by atoms with Crippen LogP contribution in [0.2, 0.25) is 0 Å². The second-order valence-electron chi connectivity index (χ2n) is 4.38. The average molecular weight is 231 g/mol. The van der Waals surface area contributed by atoms with Crippen LogP contribution in [0.15, 0.2) is 5.16 Å². The lowest BCUT2D eigenvalue weighted by molar-refractivity contribution is 0.167. The summed E-state index contributed by atoms with van der Waals surface area (Å²) in [4.78, 5) is 2.45. The molecule has 0 amide bonds. The van der Waals surface area contributed by atoms with E-state index in [-0.39, 0.29) is 5.41 Å². The molecule has 0 radical (unpaired) electrons. The van der Waals surface area contributed by atoms with Crippen LogP contribution in [0.4, 0.5) is 0 Å². The third kappa shape index (κ3) is 3.28. The number of oxime groups is 1. The van der Waals surface area contributed by atoms with E-state index in [9.17, 15) is 0 Å². The van der Waals surface area contributed by atoms with E-state index in [0.29, 0.717) is 5.84 Å². The second kappa shape index (κ2) is 5.61. The normalized spacial score (nSPS) is 22.9. The van der Waals surface area contributed by atoms with E-state index >= 15 is 0 Å². The Balaban J connectivity index is 2.41. The van der Waals surface area contributed by atoms with E-state index in [4.69, 9.17) is 10.9 Å². The molecule has 1 saturated heterocycles. The molecule has 5 heteroatoms. The lowest BCUT2D eigenvalue weighted by atomic mass is 9.79. The molecule has 0 atom stereocenters. The Kier molecular flexibility index (Phi) is 4.73. The van der Waals surface area contributed by atoms with E-state index in [1.165, 1.54) is 5.75 Å². The molecule has 1 rings (SSSR count). The summed E-state index contributed by atoms with van der Waals surface area (Å²) < 4.78 is 0. The molecule has 1 aliphatic heterocycles. The molecule has 0 spiro atoms. The van der Waals surface area contributed by atoms with Gasteiger partial charge in [0.15, 0.2) is 0 Å². The maximum Gasteiger partial charge on any atom is 0.145 e. The molecular weight excluding hydrogens is 210 g/mol. The summed E-state index contributed by atoms with van der Waals surface area (Å²) >= 11 is 1.88. The highest BCUT2D eigenvalue weighted by molar-refractivity contribution is 7.98. The third-order valence-corrected chi connectivity index (χ3v) is 3.89. The highest BCUT2D eigenvalue weighted by atomic mass is 32.2. The van der Waals surface area contributed by atoms with E-state index in [1.54, 1.807) is 0 Å². The molecule has 1 aliphatic rings. The first kappa shape index (κ1) is 12.6. The Morgan fingerprint density at radius 1 is 1.53 bits per heavy atom. The monoisotopic (exact) mass is 231 g/mol. The predicted molar refractivity (Wildman–Crippen MR) is 65.6 cm³/mol. The van der Waals surface area contributed by atoms with Gasteiger partial charge in [-0.25, -0.2) is 0 Å². The van der Waals surface area contributed by atoms with Gasteiger partial charge in [-0.3, -0.25) is 0 Å². The number of amidine groups is 1. The van der Waals surface area contributed by atoms with Crippen molar-refractivity contribution in [2.24, 2.45) is 16.3 Å². The summed E-state index contributed by atoms with van der Waals surface area (Å²) in [7, 11) is 0. The van der Waals surface area contributed by atoms with Crippen molar-refractivity contribution in [1.29, 1.82) is 0 Å². The van der Waals surface area contributed by atoms with Gasteiger partial charge in [-0.05, 0) is 32.2 Å². The molecule has 1 heterocycles. The molecule has 0 aromatic rings. The van der Waals surface area contributed by atoms with Gasteiger partial charge in [0.2, 0.25) is 0 Å². The van der Waals surface area contributed by atoms with Crippen LogP contribution in [0.5, 0.6) is 0 Å². The smallest absolute Gasteiger partial charge is 0.145 e. The topological polar surface area (TPSA) is 61.8 Å². The van der Waals surface area contributed by atoms with Crippen molar-refractivity contribution in [2.75, 3.05) is 31.6 Å². The van der Waals surface area contributed by atoms with Crippen LogP contribution in [-0.2, 0) is 0 Å². The first-order chi connectivity index (χ1) is 7.12. The summed E-state index contributed by atoms with van der Waals surface area (Å²) in [5.74, 6) is 1.56. The average Bonchev–Trinajstić information content (AvgIpc) is 2.27. The first-order valence-electron chi connectivity index (χ1n) is 5.31. The Bertz CT molecular complexity index is 225. The molecule has 3 N–H and O–H groups in total. The number of piperidine rings is 1. The standard InChI is InChI=1S/C10H21N3OS/c1-10(9(11)12-14)3-5-13(6-4-10)7-8-15-2/h14H,3-8H2,1-2H3,(H2,11,12). The lowest BCUT2D eigenvalue weighted by Gasteiger charge is -2.38. The number of likely N-dealkylation sites (tertiary alicyclic amines) is 1. The van der Waals surface area contributed by atoms with E-state index in [2.05, 4.69) is 23.2 Å². The van der Waals surface area contributed by atoms with Crippen molar-refractivity contribution in [1.82, 2.24) is 4.90 Å². The number of hydrogen-bond acceptors (Lipinski definition) is 4. The van der Waals surface area contributed by atoms with Crippen LogP contribution in [0.25, 0.3) is 0 Å². The summed E-state index contributed by atoms with van der Waals surface area (Å²) in [6, 6.07) is 0. The molecule has 4 nitrogen and oxygen atoms in total. The predicted octanol–water partition coefficient (Wildman–Crippen LogP) is 1.20. The van der Waals surface area contributed by atoms with Crippen molar-refractivity contribution in [3.8, 4) is 0 Å². The van der Waals surface area contributed by atoms with Crippen LogP contribution >= 0.6 is 11.8 Å². The Labute approximate surface area is 95.9 Å². The van der Waals surface area contributed by atoms with Gasteiger partial charge in [-0.1, -0.05) is 12.1 Å². The van der Waals surface area contributed by atoms with Crippen LogP contribution in [0.3, 0.4) is 0 Å². The van der Waals surface area contributed by atoms with Crippen LogP contribution in [-0.4, -0.2) is 47.6 Å². The fourth-order valence-corrected chi connectivity index (χ4v) is 2.31. The van der Waals surface area contributed by atoms with Crippen LogP contribution < -0.4 is 5.73 Å². The minimum atomic E-state index is -0.107. The number of nitrogens with zero attached hydrogens (tertiary/aromatic N) is 2. The van der Waals surface area contributed by atoms with Gasteiger partial charge in [0, 0.05) is 17.7 Å². The molecular formula is C10H21N3OS. The minimum Gasteiger partial charge on any atom is -0.409 e. The van der Waals surface area contributed by atoms with Crippen LogP contribution in [0.1, 0.15) is 19.8 Å². The van der Waals surface area contributed by atoms with Gasteiger partial charge in [-0.2, -0.15) is 11.8 Å². The summed E-state index contributed by atoms with van der Waals surface area (Å²) in [6.45, 7) is 5.32. The van der Waals surface area contributed by atoms with Gasteiger partial charge in [0.05, 0.1) is 0 Å². The molecule has 0 bridgehead atoms. The fraction of sp³-hybridized carbons (Fsp3) is 0.900. The molecule has 1 fully saturated rings. The van der Waals surface area contributed by atoms with E-state index in [1.807, 2.05) is 11.8 Å². The Morgan fingerprint density at radius 3 is 2.60 bits per heavy atom. The molecule has 0 unspecified atom stereocenters. The van der Waals surface area contributed by atoms with Crippen molar-refractivity contribution in [3.05, 3.63) is 0 Å². The van der Waals surface area contributed by atoms with E-state index < -0.39 is 0 Å². The van der Waals surface area contributed by atoms with E-state index in [0.717, 1.165) is 32.5 Å². The van der Waals surface area contributed by atoms with Crippen molar-refractivity contribution in [3.63, 3.8) is 0 Å². The van der Waals surface area contributed by atoms with Crippen molar-refractivity contribution in [2.45, 2.75) is 19.8 Å². The maximum atomic E-state index is 8.71. The largest absolute Gasteiger partial charge is 0.409 e. The fourth-order valence-electron chi connectivity index (χ4n) is 1.87. The zero-order valence-corrected chi connectivity index (χ0v) is 10.4. The molecule has 0 aromatic carbocycles. The molecule has 0 saturated carbocycles.